The van der Waals surface area contributed by atoms with Gasteiger partial charge in [0.1, 0.15) is 11.3 Å². The lowest BCUT2D eigenvalue weighted by atomic mass is 9.75. The molecular formula is C16H19NO. The van der Waals surface area contributed by atoms with Gasteiger partial charge in [-0.15, -0.1) is 0 Å². The van der Waals surface area contributed by atoms with Crippen molar-refractivity contribution < 1.29 is 4.42 Å². The molecule has 0 fully saturated rings. The van der Waals surface area contributed by atoms with Crippen molar-refractivity contribution in [3.8, 4) is 0 Å². The fraction of sp³-hybridized carbons (Fsp3) is 0.375. The maximum Gasteiger partial charge on any atom is 0.134 e. The number of rotatable bonds is 1. The molecule has 1 aromatic heterocycles. The monoisotopic (exact) mass is 241 g/mol. The van der Waals surface area contributed by atoms with Gasteiger partial charge in [0.05, 0.1) is 0 Å². The molecule has 2 heteroatoms. The predicted molar refractivity (Wildman–Crippen MR) is 75.2 cm³/mol. The molecule has 0 radical (unpaired) electrons. The summed E-state index contributed by atoms with van der Waals surface area (Å²) in [6.45, 7) is 4.53. The van der Waals surface area contributed by atoms with Crippen LogP contribution in [0.5, 0.6) is 0 Å². The summed E-state index contributed by atoms with van der Waals surface area (Å²) in [5.41, 5.74) is 8.56. The van der Waals surface area contributed by atoms with Gasteiger partial charge in [0.2, 0.25) is 0 Å². The maximum atomic E-state index is 6.11. The van der Waals surface area contributed by atoms with Gasteiger partial charge in [0.25, 0.3) is 0 Å². The zero-order valence-electron chi connectivity index (χ0n) is 10.9. The van der Waals surface area contributed by atoms with Crippen LogP contribution in [0.3, 0.4) is 0 Å². The van der Waals surface area contributed by atoms with Crippen LogP contribution in [-0.4, -0.2) is 6.04 Å². The van der Waals surface area contributed by atoms with E-state index in [0.29, 0.717) is 0 Å². The van der Waals surface area contributed by atoms with Crippen LogP contribution >= 0.6 is 0 Å². The molecule has 2 N–H and O–H groups in total. The Morgan fingerprint density at radius 1 is 1.28 bits per heavy atom. The molecule has 94 valence electrons. The third-order valence-electron chi connectivity index (χ3n) is 3.61. The van der Waals surface area contributed by atoms with Gasteiger partial charge >= 0.3 is 0 Å². The highest BCUT2D eigenvalue weighted by atomic mass is 16.3. The van der Waals surface area contributed by atoms with E-state index >= 15 is 0 Å². The average molecular weight is 241 g/mol. The van der Waals surface area contributed by atoms with Gasteiger partial charge in [-0.2, -0.15) is 0 Å². The van der Waals surface area contributed by atoms with Gasteiger partial charge in [0.15, 0.2) is 0 Å². The van der Waals surface area contributed by atoms with Crippen LogP contribution in [-0.2, 0) is 0 Å². The van der Waals surface area contributed by atoms with E-state index < -0.39 is 0 Å². The van der Waals surface area contributed by atoms with Crippen molar-refractivity contribution in [1.29, 1.82) is 0 Å². The number of para-hydroxylation sites is 1. The van der Waals surface area contributed by atoms with Crippen molar-refractivity contribution in [2.45, 2.75) is 32.7 Å². The van der Waals surface area contributed by atoms with Crippen LogP contribution < -0.4 is 5.73 Å². The van der Waals surface area contributed by atoms with E-state index in [4.69, 9.17) is 10.2 Å². The second kappa shape index (κ2) is 3.99. The summed E-state index contributed by atoms with van der Waals surface area (Å²) in [6, 6.07) is 10.4. The smallest absolute Gasteiger partial charge is 0.134 e. The topological polar surface area (TPSA) is 39.2 Å². The third-order valence-corrected chi connectivity index (χ3v) is 3.61. The minimum atomic E-state index is 0.136. The first kappa shape index (κ1) is 11.5. The predicted octanol–water partition coefficient (Wildman–Crippen LogP) is 3.96. The molecule has 0 saturated carbocycles. The largest absolute Gasteiger partial charge is 0.456 e. The van der Waals surface area contributed by atoms with Crippen LogP contribution in [0.1, 0.15) is 32.4 Å². The molecule has 1 aliphatic rings. The first-order valence-electron chi connectivity index (χ1n) is 6.49. The highest BCUT2D eigenvalue weighted by molar-refractivity contribution is 5.82. The summed E-state index contributed by atoms with van der Waals surface area (Å²) in [4.78, 5) is 0. The Labute approximate surface area is 107 Å². The van der Waals surface area contributed by atoms with Crippen molar-refractivity contribution in [2.75, 3.05) is 0 Å². The van der Waals surface area contributed by atoms with Crippen molar-refractivity contribution in [3.05, 3.63) is 42.2 Å². The molecule has 0 saturated heterocycles. The van der Waals surface area contributed by atoms with Crippen LogP contribution in [0, 0.1) is 5.41 Å². The molecule has 1 aromatic carbocycles. The van der Waals surface area contributed by atoms with E-state index in [1.165, 1.54) is 5.57 Å². The Morgan fingerprint density at radius 3 is 2.78 bits per heavy atom. The molecule has 0 amide bonds. The number of allylic oxidation sites excluding steroid dienone is 1. The number of hydrogen-bond donors (Lipinski definition) is 1. The third kappa shape index (κ3) is 2.08. The maximum absolute atomic E-state index is 6.11. The van der Waals surface area contributed by atoms with Crippen LogP contribution in [0.15, 0.2) is 40.8 Å². The molecule has 18 heavy (non-hydrogen) atoms. The van der Waals surface area contributed by atoms with E-state index in [0.717, 1.165) is 29.6 Å². The zero-order chi connectivity index (χ0) is 12.8. The number of nitrogens with two attached hydrogens (primary N) is 1. The van der Waals surface area contributed by atoms with Crippen molar-refractivity contribution in [3.63, 3.8) is 0 Å². The molecule has 1 atom stereocenters. The molecule has 0 bridgehead atoms. The van der Waals surface area contributed by atoms with E-state index in [2.05, 4.69) is 32.1 Å². The summed E-state index contributed by atoms with van der Waals surface area (Å²) in [7, 11) is 0. The Bertz CT molecular complexity index is 573. The molecule has 1 heterocycles. The first-order valence-corrected chi connectivity index (χ1v) is 6.49. The van der Waals surface area contributed by atoms with Crippen LogP contribution in [0.4, 0.5) is 0 Å². The summed E-state index contributed by atoms with van der Waals surface area (Å²) in [5.74, 6) is 0.972. The molecule has 2 aromatic rings. The second-order valence-corrected chi connectivity index (χ2v) is 6.05. The number of fused-ring (bicyclic) bond motifs is 1. The van der Waals surface area contributed by atoms with Crippen molar-refractivity contribution >= 4 is 16.5 Å². The van der Waals surface area contributed by atoms with E-state index in [1.807, 2.05) is 18.2 Å². The summed E-state index contributed by atoms with van der Waals surface area (Å²) in [6.07, 6.45) is 4.22. The van der Waals surface area contributed by atoms with Gasteiger partial charge in [-0.25, -0.2) is 0 Å². The second-order valence-electron chi connectivity index (χ2n) is 6.05. The molecule has 0 aliphatic heterocycles. The lowest BCUT2D eigenvalue weighted by Gasteiger charge is -2.32. The van der Waals surface area contributed by atoms with Gasteiger partial charge in [-0.05, 0) is 36.0 Å². The normalized spacial score (nSPS) is 23.1. The zero-order valence-corrected chi connectivity index (χ0v) is 10.9. The van der Waals surface area contributed by atoms with Gasteiger partial charge in [-0.1, -0.05) is 38.1 Å². The minimum absolute atomic E-state index is 0.136. The summed E-state index contributed by atoms with van der Waals surface area (Å²) in [5, 5.41) is 1.16. The lowest BCUT2D eigenvalue weighted by molar-refractivity contribution is 0.316. The van der Waals surface area contributed by atoms with Crippen LogP contribution in [0.2, 0.25) is 0 Å². The number of benzene rings is 1. The number of furan rings is 1. The Hall–Kier alpha value is -1.54. The molecule has 3 rings (SSSR count). The summed E-state index contributed by atoms with van der Waals surface area (Å²) >= 11 is 0. The highest BCUT2D eigenvalue weighted by Crippen LogP contribution is 2.40. The highest BCUT2D eigenvalue weighted by Gasteiger charge is 2.28. The number of hydrogen-bond acceptors (Lipinski definition) is 2. The Kier molecular flexibility index (Phi) is 2.56. The first-order chi connectivity index (χ1) is 8.53. The van der Waals surface area contributed by atoms with Gasteiger partial charge in [0, 0.05) is 11.4 Å². The van der Waals surface area contributed by atoms with E-state index in [-0.39, 0.29) is 11.5 Å². The summed E-state index contributed by atoms with van der Waals surface area (Å²) < 4.78 is 5.93. The van der Waals surface area contributed by atoms with Crippen LogP contribution in [0.25, 0.3) is 16.5 Å². The quantitative estimate of drug-likeness (QED) is 0.820. The Morgan fingerprint density at radius 2 is 2.06 bits per heavy atom. The molecular weight excluding hydrogens is 222 g/mol. The van der Waals surface area contributed by atoms with Gasteiger partial charge < -0.3 is 10.2 Å². The van der Waals surface area contributed by atoms with Crippen molar-refractivity contribution in [1.82, 2.24) is 0 Å². The lowest BCUT2D eigenvalue weighted by Crippen LogP contribution is -2.30. The molecule has 1 aliphatic carbocycles. The van der Waals surface area contributed by atoms with Gasteiger partial charge in [-0.3, -0.25) is 0 Å². The molecule has 2 nitrogen and oxygen atoms in total. The fourth-order valence-corrected chi connectivity index (χ4v) is 2.91. The van der Waals surface area contributed by atoms with E-state index in [1.54, 1.807) is 0 Å². The van der Waals surface area contributed by atoms with E-state index in [9.17, 15) is 0 Å². The standard InChI is InChI=1S/C16H19NO/c1-16(2)9-12(7-13(17)10-16)15-8-11-5-3-4-6-14(11)18-15/h3-8,13H,9-10,17H2,1-2H3. The van der Waals surface area contributed by atoms with Crippen molar-refractivity contribution in [2.24, 2.45) is 11.1 Å². The Balaban J connectivity index is 2.04. The molecule has 1 unspecified atom stereocenters. The SMILES string of the molecule is CC1(C)CC(c2cc3ccccc3o2)=CC(N)C1. The minimum Gasteiger partial charge on any atom is -0.456 e. The molecule has 0 spiro atoms. The fourth-order valence-electron chi connectivity index (χ4n) is 2.91. The average Bonchev–Trinajstić information content (AvgIpc) is 2.69.